The monoisotopic (exact) mass is 367 g/mol. The Morgan fingerprint density at radius 1 is 0.950 bits per heavy atom. The first kappa shape index (κ1) is 13.6. The normalized spacial score (nSPS) is 11.7. The standard InChI is InChI=1S/C14H10BrNO2S2/c15-13-7-8-14(19-13)20(17,18)16-12-6-5-10-3-1-2-4-11(10)9-12/h1-9,16H. The number of nitrogens with one attached hydrogen (secondary N) is 1. The number of rotatable bonds is 3. The van der Waals surface area contributed by atoms with Crippen molar-refractivity contribution in [2.24, 2.45) is 0 Å². The molecule has 0 saturated carbocycles. The first-order chi connectivity index (χ1) is 9.54. The van der Waals surface area contributed by atoms with E-state index in [1.165, 1.54) is 11.3 Å². The summed E-state index contributed by atoms with van der Waals surface area (Å²) in [5.74, 6) is 0. The van der Waals surface area contributed by atoms with E-state index in [9.17, 15) is 8.42 Å². The van der Waals surface area contributed by atoms with Gasteiger partial charge in [0.25, 0.3) is 10.0 Å². The topological polar surface area (TPSA) is 46.2 Å². The predicted molar refractivity (Wildman–Crippen MR) is 86.8 cm³/mol. The second-order valence-electron chi connectivity index (χ2n) is 4.23. The van der Waals surface area contributed by atoms with Crippen molar-refractivity contribution in [2.45, 2.75) is 4.21 Å². The van der Waals surface area contributed by atoms with E-state index in [1.807, 2.05) is 36.4 Å². The molecule has 6 heteroatoms. The Morgan fingerprint density at radius 2 is 1.70 bits per heavy atom. The molecule has 0 saturated heterocycles. The van der Waals surface area contributed by atoms with Crippen molar-refractivity contribution in [3.8, 4) is 0 Å². The van der Waals surface area contributed by atoms with E-state index in [4.69, 9.17) is 0 Å². The summed E-state index contributed by atoms with van der Waals surface area (Å²) in [6, 6.07) is 16.6. The van der Waals surface area contributed by atoms with Crippen molar-refractivity contribution in [1.29, 1.82) is 0 Å². The molecule has 3 aromatic rings. The number of thiophene rings is 1. The molecule has 0 radical (unpaired) electrons. The molecule has 0 unspecified atom stereocenters. The first-order valence-electron chi connectivity index (χ1n) is 5.81. The van der Waals surface area contributed by atoms with E-state index < -0.39 is 10.0 Å². The summed E-state index contributed by atoms with van der Waals surface area (Å²) in [4.78, 5) is 0. The van der Waals surface area contributed by atoms with Gasteiger partial charge in [0.15, 0.2) is 0 Å². The lowest BCUT2D eigenvalue weighted by Crippen LogP contribution is -2.11. The molecule has 0 aliphatic rings. The molecule has 2 aromatic carbocycles. The second-order valence-corrected chi connectivity index (χ2v) is 8.60. The molecule has 3 rings (SSSR count). The zero-order chi connectivity index (χ0) is 14.2. The maximum Gasteiger partial charge on any atom is 0.271 e. The maximum atomic E-state index is 12.2. The minimum absolute atomic E-state index is 0.289. The number of anilines is 1. The van der Waals surface area contributed by atoms with Gasteiger partial charge in [-0.15, -0.1) is 11.3 Å². The van der Waals surface area contributed by atoms with Gasteiger partial charge in [0.05, 0.1) is 3.79 Å². The van der Waals surface area contributed by atoms with E-state index in [-0.39, 0.29) is 4.21 Å². The molecule has 0 atom stereocenters. The molecule has 0 amide bonds. The fraction of sp³-hybridized carbons (Fsp3) is 0. The van der Waals surface area contributed by atoms with Crippen LogP contribution in [0.25, 0.3) is 10.8 Å². The van der Waals surface area contributed by atoms with Crippen LogP contribution in [0.1, 0.15) is 0 Å². The minimum atomic E-state index is -3.52. The highest BCUT2D eigenvalue weighted by Crippen LogP contribution is 2.28. The van der Waals surface area contributed by atoms with Crippen molar-refractivity contribution in [1.82, 2.24) is 0 Å². The third kappa shape index (κ3) is 2.72. The quantitative estimate of drug-likeness (QED) is 0.742. The zero-order valence-electron chi connectivity index (χ0n) is 10.2. The van der Waals surface area contributed by atoms with Crippen molar-refractivity contribution in [3.05, 3.63) is 58.4 Å². The summed E-state index contributed by atoms with van der Waals surface area (Å²) in [5.41, 5.74) is 0.563. The van der Waals surface area contributed by atoms with Gasteiger partial charge in [0.2, 0.25) is 0 Å². The van der Waals surface area contributed by atoms with Crippen LogP contribution in [0.3, 0.4) is 0 Å². The van der Waals surface area contributed by atoms with E-state index in [0.717, 1.165) is 14.6 Å². The molecule has 20 heavy (non-hydrogen) atoms. The van der Waals surface area contributed by atoms with Crippen LogP contribution in [0.15, 0.2) is 62.6 Å². The van der Waals surface area contributed by atoms with Gasteiger partial charge in [0.1, 0.15) is 4.21 Å². The SMILES string of the molecule is O=S(=O)(Nc1ccc2ccccc2c1)c1ccc(Br)s1. The maximum absolute atomic E-state index is 12.2. The van der Waals surface area contributed by atoms with Crippen LogP contribution in [-0.2, 0) is 10.0 Å². The zero-order valence-corrected chi connectivity index (χ0v) is 13.4. The highest BCUT2D eigenvalue weighted by atomic mass is 79.9. The molecule has 1 heterocycles. The molecule has 1 aromatic heterocycles. The largest absolute Gasteiger partial charge is 0.279 e. The van der Waals surface area contributed by atoms with Gasteiger partial charge in [-0.2, -0.15) is 0 Å². The lowest BCUT2D eigenvalue weighted by Gasteiger charge is -2.07. The number of sulfonamides is 1. The fourth-order valence-electron chi connectivity index (χ4n) is 1.90. The lowest BCUT2D eigenvalue weighted by molar-refractivity contribution is 0.603. The van der Waals surface area contributed by atoms with E-state index in [1.54, 1.807) is 18.2 Å². The Kier molecular flexibility index (Phi) is 3.54. The summed E-state index contributed by atoms with van der Waals surface area (Å²) in [7, 11) is -3.52. The highest BCUT2D eigenvalue weighted by molar-refractivity contribution is 9.11. The van der Waals surface area contributed by atoms with Gasteiger partial charge in [-0.25, -0.2) is 8.42 Å². The number of hydrogen-bond donors (Lipinski definition) is 1. The average Bonchev–Trinajstić information content (AvgIpc) is 2.86. The molecule has 0 fully saturated rings. The van der Waals surface area contributed by atoms with Crippen LogP contribution < -0.4 is 4.72 Å². The van der Waals surface area contributed by atoms with E-state index in [2.05, 4.69) is 20.7 Å². The molecular weight excluding hydrogens is 358 g/mol. The van der Waals surface area contributed by atoms with Crippen LogP contribution in [0.5, 0.6) is 0 Å². The van der Waals surface area contributed by atoms with E-state index in [0.29, 0.717) is 5.69 Å². The second kappa shape index (κ2) is 5.20. The summed E-state index contributed by atoms with van der Waals surface area (Å²) in [5, 5.41) is 2.08. The number of hydrogen-bond acceptors (Lipinski definition) is 3. The van der Waals surface area contributed by atoms with Crippen LogP contribution in [0, 0.1) is 0 Å². The Balaban J connectivity index is 1.96. The molecule has 1 N–H and O–H groups in total. The highest BCUT2D eigenvalue weighted by Gasteiger charge is 2.16. The van der Waals surface area contributed by atoms with Gasteiger partial charge in [-0.3, -0.25) is 4.72 Å². The molecule has 0 aliphatic heterocycles. The van der Waals surface area contributed by atoms with E-state index >= 15 is 0 Å². The third-order valence-electron chi connectivity index (χ3n) is 2.82. The first-order valence-corrected chi connectivity index (χ1v) is 8.91. The summed E-state index contributed by atoms with van der Waals surface area (Å²) in [6.07, 6.45) is 0. The van der Waals surface area contributed by atoms with Gasteiger partial charge in [-0.05, 0) is 51.0 Å². The van der Waals surface area contributed by atoms with Gasteiger partial charge < -0.3 is 0 Å². The molecule has 0 bridgehead atoms. The summed E-state index contributed by atoms with van der Waals surface area (Å²) < 4.78 is 28.1. The van der Waals surface area contributed by atoms with Gasteiger partial charge in [0, 0.05) is 5.69 Å². The predicted octanol–water partition coefficient (Wildman–Crippen LogP) is 4.46. The van der Waals surface area contributed by atoms with Gasteiger partial charge >= 0.3 is 0 Å². The van der Waals surface area contributed by atoms with Crippen LogP contribution in [0.4, 0.5) is 5.69 Å². The van der Waals surface area contributed by atoms with Crippen molar-refractivity contribution in [2.75, 3.05) is 4.72 Å². The number of halogens is 1. The Bertz CT molecular complexity index is 872. The van der Waals surface area contributed by atoms with Gasteiger partial charge in [-0.1, -0.05) is 30.3 Å². The van der Waals surface area contributed by atoms with Crippen molar-refractivity contribution in [3.63, 3.8) is 0 Å². The Morgan fingerprint density at radius 3 is 2.40 bits per heavy atom. The summed E-state index contributed by atoms with van der Waals surface area (Å²) >= 11 is 4.45. The fourth-order valence-corrected chi connectivity index (χ4v) is 4.96. The minimum Gasteiger partial charge on any atom is -0.279 e. The molecular formula is C14H10BrNO2S2. The lowest BCUT2D eigenvalue weighted by atomic mass is 10.1. The van der Waals surface area contributed by atoms with Crippen molar-refractivity contribution < 1.29 is 8.42 Å². The Hall–Kier alpha value is -1.37. The van der Waals surface area contributed by atoms with Crippen molar-refractivity contribution >= 4 is 53.7 Å². The summed E-state index contributed by atoms with van der Waals surface area (Å²) in [6.45, 7) is 0. The van der Waals surface area contributed by atoms with Crippen LogP contribution in [0.2, 0.25) is 0 Å². The average molecular weight is 368 g/mol. The smallest absolute Gasteiger partial charge is 0.271 e. The third-order valence-corrected chi connectivity index (χ3v) is 6.31. The van der Waals surface area contributed by atoms with Crippen LogP contribution in [-0.4, -0.2) is 8.42 Å². The number of fused-ring (bicyclic) bond motifs is 1. The Labute approximate surface area is 129 Å². The van der Waals surface area contributed by atoms with Crippen LogP contribution >= 0.6 is 27.3 Å². The molecule has 0 spiro atoms. The molecule has 102 valence electrons. The molecule has 3 nitrogen and oxygen atoms in total. The number of benzene rings is 2. The molecule has 0 aliphatic carbocycles.